The first-order chi connectivity index (χ1) is 11.2. The molecule has 3 aromatic rings. The molecule has 23 heavy (non-hydrogen) atoms. The molecule has 0 N–H and O–H groups in total. The number of hydrogen-bond acceptors (Lipinski definition) is 1. The van der Waals surface area contributed by atoms with Gasteiger partial charge < -0.3 is 0 Å². The Hall–Kier alpha value is -2.15. The normalized spacial score (nSPS) is 15.4. The number of hydrogen-bond donors (Lipinski definition) is 0. The molecule has 2 aromatic carbocycles. The molecule has 1 nitrogen and oxygen atoms in total. The summed E-state index contributed by atoms with van der Waals surface area (Å²) in [5.74, 6) is 0.761. The molecule has 0 atom stereocenters. The van der Waals surface area contributed by atoms with Crippen molar-refractivity contribution in [1.29, 1.82) is 0 Å². The number of benzene rings is 2. The smallest absolute Gasteiger partial charge is 0.0708 e. The fraction of sp³-hybridized carbons (Fsp3) is 0.318. The van der Waals surface area contributed by atoms with Gasteiger partial charge in [0.1, 0.15) is 0 Å². The van der Waals surface area contributed by atoms with Crippen LogP contribution in [0, 0.1) is 13.8 Å². The molecule has 1 aromatic heterocycles. The molecule has 0 unspecified atom stereocenters. The zero-order chi connectivity index (χ0) is 15.8. The van der Waals surface area contributed by atoms with Crippen molar-refractivity contribution >= 4 is 10.8 Å². The van der Waals surface area contributed by atoms with Gasteiger partial charge in [0.05, 0.1) is 5.69 Å². The Labute approximate surface area is 138 Å². The van der Waals surface area contributed by atoms with E-state index < -0.39 is 0 Å². The van der Waals surface area contributed by atoms with Crippen LogP contribution < -0.4 is 0 Å². The van der Waals surface area contributed by atoms with E-state index in [1.807, 2.05) is 6.20 Å². The van der Waals surface area contributed by atoms with Gasteiger partial charge in [-0.15, -0.1) is 0 Å². The third-order valence-corrected chi connectivity index (χ3v) is 5.09. The molecule has 1 aliphatic rings. The molecule has 0 bridgehead atoms. The first kappa shape index (κ1) is 14.4. The topological polar surface area (TPSA) is 12.9 Å². The Morgan fingerprint density at radius 3 is 2.30 bits per heavy atom. The lowest BCUT2D eigenvalue weighted by molar-refractivity contribution is 0.724. The molecule has 0 aliphatic heterocycles. The molecule has 0 amide bonds. The highest BCUT2D eigenvalue weighted by Crippen LogP contribution is 2.35. The lowest BCUT2D eigenvalue weighted by Gasteiger charge is -2.11. The van der Waals surface area contributed by atoms with Crippen molar-refractivity contribution < 1.29 is 0 Å². The number of aromatic nitrogens is 1. The number of aryl methyl sites for hydroxylation is 2. The van der Waals surface area contributed by atoms with Crippen LogP contribution in [0.2, 0.25) is 0 Å². The van der Waals surface area contributed by atoms with E-state index in [-0.39, 0.29) is 0 Å². The van der Waals surface area contributed by atoms with Crippen LogP contribution in [-0.2, 0) is 0 Å². The van der Waals surface area contributed by atoms with Crippen molar-refractivity contribution in [2.45, 2.75) is 45.4 Å². The fourth-order valence-electron chi connectivity index (χ4n) is 3.95. The van der Waals surface area contributed by atoms with E-state index in [1.54, 1.807) is 0 Å². The van der Waals surface area contributed by atoms with Crippen LogP contribution in [0.25, 0.3) is 22.0 Å². The number of nitrogens with zero attached hydrogens (tertiary/aromatic N) is 1. The van der Waals surface area contributed by atoms with Gasteiger partial charge in [0.2, 0.25) is 0 Å². The molecular weight excluding hydrogens is 278 g/mol. The second-order valence-corrected chi connectivity index (χ2v) is 7.03. The summed E-state index contributed by atoms with van der Waals surface area (Å²) in [4.78, 5) is 4.69. The second kappa shape index (κ2) is 5.81. The van der Waals surface area contributed by atoms with Gasteiger partial charge in [-0.25, -0.2) is 0 Å². The molecule has 4 rings (SSSR count). The van der Waals surface area contributed by atoms with Crippen LogP contribution in [0.4, 0.5) is 0 Å². The average Bonchev–Trinajstić information content (AvgIpc) is 3.07. The Bertz CT molecular complexity index is 837. The van der Waals surface area contributed by atoms with Gasteiger partial charge in [0.25, 0.3) is 0 Å². The van der Waals surface area contributed by atoms with Crippen molar-refractivity contribution in [3.63, 3.8) is 0 Å². The highest BCUT2D eigenvalue weighted by Gasteiger charge is 2.17. The molecule has 1 heteroatoms. The molecule has 116 valence electrons. The molecule has 0 spiro atoms. The highest BCUT2D eigenvalue weighted by atomic mass is 14.7. The summed E-state index contributed by atoms with van der Waals surface area (Å²) in [7, 11) is 0. The maximum absolute atomic E-state index is 4.69. The van der Waals surface area contributed by atoms with Gasteiger partial charge in [0.15, 0.2) is 0 Å². The Morgan fingerprint density at radius 1 is 0.826 bits per heavy atom. The quantitative estimate of drug-likeness (QED) is 0.551. The Kier molecular flexibility index (Phi) is 3.65. The average molecular weight is 301 g/mol. The zero-order valence-electron chi connectivity index (χ0n) is 14.0. The van der Waals surface area contributed by atoms with E-state index in [0.717, 1.165) is 11.6 Å². The Morgan fingerprint density at radius 2 is 1.57 bits per heavy atom. The number of fused-ring (bicyclic) bond motifs is 1. The van der Waals surface area contributed by atoms with Crippen molar-refractivity contribution in [3.05, 3.63) is 65.4 Å². The monoisotopic (exact) mass is 301 g/mol. The molecule has 1 fully saturated rings. The van der Waals surface area contributed by atoms with Gasteiger partial charge in [-0.2, -0.15) is 0 Å². The number of rotatable bonds is 2. The predicted octanol–water partition coefficient (Wildman–Crippen LogP) is 6.18. The summed E-state index contributed by atoms with van der Waals surface area (Å²) in [6, 6.07) is 15.8. The third kappa shape index (κ3) is 2.88. The summed E-state index contributed by atoms with van der Waals surface area (Å²) < 4.78 is 0. The zero-order valence-corrected chi connectivity index (χ0v) is 14.0. The van der Waals surface area contributed by atoms with E-state index in [4.69, 9.17) is 0 Å². The summed E-state index contributed by atoms with van der Waals surface area (Å²) in [6.45, 7) is 4.30. The van der Waals surface area contributed by atoms with Crippen LogP contribution in [0.5, 0.6) is 0 Å². The minimum absolute atomic E-state index is 0.761. The summed E-state index contributed by atoms with van der Waals surface area (Å²) in [5.41, 5.74) is 6.39. The van der Waals surface area contributed by atoms with Crippen molar-refractivity contribution in [3.8, 4) is 11.3 Å². The van der Waals surface area contributed by atoms with E-state index in [2.05, 4.69) is 61.3 Å². The molecule has 1 saturated carbocycles. The van der Waals surface area contributed by atoms with Crippen molar-refractivity contribution in [2.24, 2.45) is 0 Å². The lowest BCUT2D eigenvalue weighted by Crippen LogP contribution is -1.93. The lowest BCUT2D eigenvalue weighted by atomic mass is 9.95. The van der Waals surface area contributed by atoms with Gasteiger partial charge in [-0.3, -0.25) is 4.98 Å². The molecule has 1 aliphatic carbocycles. The SMILES string of the molecule is Cc1cc(C)cc(-c2cc3cc(C4CCCC4)ccc3cn2)c1. The van der Waals surface area contributed by atoms with Gasteiger partial charge in [-0.05, 0) is 61.8 Å². The van der Waals surface area contributed by atoms with Crippen molar-refractivity contribution in [2.75, 3.05) is 0 Å². The van der Waals surface area contributed by atoms with Crippen LogP contribution >= 0.6 is 0 Å². The summed E-state index contributed by atoms with van der Waals surface area (Å²) >= 11 is 0. The maximum Gasteiger partial charge on any atom is 0.0708 e. The van der Waals surface area contributed by atoms with Crippen molar-refractivity contribution in [1.82, 2.24) is 4.98 Å². The summed E-state index contributed by atoms with van der Waals surface area (Å²) in [6.07, 6.45) is 7.47. The van der Waals surface area contributed by atoms with Gasteiger partial charge in [0, 0.05) is 17.1 Å². The van der Waals surface area contributed by atoms with Gasteiger partial charge in [-0.1, -0.05) is 48.2 Å². The largest absolute Gasteiger partial charge is 0.256 e. The highest BCUT2D eigenvalue weighted by molar-refractivity contribution is 5.86. The number of pyridine rings is 1. The first-order valence-electron chi connectivity index (χ1n) is 8.67. The maximum atomic E-state index is 4.69. The molecule has 0 saturated heterocycles. The van der Waals surface area contributed by atoms with E-state index in [9.17, 15) is 0 Å². The minimum atomic E-state index is 0.761. The standard InChI is InChI=1S/C22H23N/c1-15-9-16(2)11-21(10-15)22-13-20-12-18(17-5-3-4-6-17)7-8-19(20)14-23-22/h7-14,17H,3-6H2,1-2H3. The minimum Gasteiger partial charge on any atom is -0.256 e. The Balaban J connectivity index is 1.79. The molecular formula is C22H23N. The molecule has 0 radical (unpaired) electrons. The second-order valence-electron chi connectivity index (χ2n) is 7.03. The van der Waals surface area contributed by atoms with Crippen LogP contribution in [0.15, 0.2) is 48.7 Å². The van der Waals surface area contributed by atoms with Crippen LogP contribution in [-0.4, -0.2) is 4.98 Å². The van der Waals surface area contributed by atoms with Crippen LogP contribution in [0.1, 0.15) is 48.3 Å². The summed E-state index contributed by atoms with van der Waals surface area (Å²) in [5, 5.41) is 2.55. The van der Waals surface area contributed by atoms with E-state index >= 15 is 0 Å². The predicted molar refractivity (Wildman–Crippen MR) is 97.9 cm³/mol. The van der Waals surface area contributed by atoms with E-state index in [0.29, 0.717) is 0 Å². The fourth-order valence-corrected chi connectivity index (χ4v) is 3.95. The van der Waals surface area contributed by atoms with Gasteiger partial charge >= 0.3 is 0 Å². The first-order valence-corrected chi connectivity index (χ1v) is 8.67. The molecule has 1 heterocycles. The van der Waals surface area contributed by atoms with E-state index in [1.165, 1.54) is 58.7 Å². The third-order valence-electron chi connectivity index (χ3n) is 5.09. The van der Waals surface area contributed by atoms with Crippen LogP contribution in [0.3, 0.4) is 0 Å².